The summed E-state index contributed by atoms with van der Waals surface area (Å²) in [6, 6.07) is -6.40. The van der Waals surface area contributed by atoms with E-state index >= 15 is 0 Å². The Bertz CT molecular complexity index is 1420. The zero-order chi connectivity index (χ0) is 27.2. The summed E-state index contributed by atoms with van der Waals surface area (Å²) < 4.78 is 104. The lowest BCUT2D eigenvalue weighted by Crippen LogP contribution is -2.41. The summed E-state index contributed by atoms with van der Waals surface area (Å²) in [6.07, 6.45) is 0. The molecule has 25 heavy (non-hydrogen) atoms. The maximum atomic E-state index is 8.87. The first-order chi connectivity index (χ1) is 16.5. The van der Waals surface area contributed by atoms with Gasteiger partial charge in [-0.15, -0.1) is 0 Å². The lowest BCUT2D eigenvalue weighted by atomic mass is 9.78. The van der Waals surface area contributed by atoms with Crippen LogP contribution in [-0.2, 0) is 9.31 Å². The van der Waals surface area contributed by atoms with Gasteiger partial charge < -0.3 is 9.31 Å². The Balaban J connectivity index is 2.14. The monoisotopic (exact) mass is 341 g/mol. The SMILES string of the molecule is [2H]c1c([2H])c([2H])c(-c2c([2H])c([2H])c3c([2H])c([2H])c(B4OC(C)(C)C(C)(C)O4)c([2H])c3c2[2H])c([2H])c1[2H]. The van der Waals surface area contributed by atoms with Crippen LogP contribution in [0.5, 0.6) is 0 Å². The highest BCUT2D eigenvalue weighted by molar-refractivity contribution is 6.62. The molecule has 0 spiro atoms. The zero-order valence-electron chi connectivity index (χ0n) is 25.4. The van der Waals surface area contributed by atoms with Crippen LogP contribution in [0.25, 0.3) is 21.9 Å². The lowest BCUT2D eigenvalue weighted by molar-refractivity contribution is 0.00578. The molecule has 3 heteroatoms. The van der Waals surface area contributed by atoms with E-state index in [1.165, 1.54) is 0 Å². The average Bonchev–Trinajstić information content (AvgIpc) is 3.00. The standard InChI is InChI=1S/C22H23BO2/c1-21(2)22(3,4)25-23(24-21)20-13-12-17-10-11-18(14-19(17)15-20)16-8-6-5-7-9-16/h5-15H,1-4H3/i5D,6D,7D,8D,9D,10D,11D,12D,13D,14D,15D. The third-order valence-electron chi connectivity index (χ3n) is 4.63. The Labute approximate surface area is 165 Å². The molecular formula is C22H23BO2. The second kappa shape index (κ2) is 5.72. The molecule has 0 atom stereocenters. The van der Waals surface area contributed by atoms with E-state index in [1.807, 2.05) is 0 Å². The number of hydrogen-bond acceptors (Lipinski definition) is 2. The molecule has 0 N–H and O–H groups in total. The molecule has 2 nitrogen and oxygen atoms in total. The maximum Gasteiger partial charge on any atom is 0.494 e. The molecule has 1 fully saturated rings. The third kappa shape index (κ3) is 2.88. The van der Waals surface area contributed by atoms with Crippen molar-refractivity contribution in [2.45, 2.75) is 38.9 Å². The fourth-order valence-corrected chi connectivity index (χ4v) is 2.47. The zero-order valence-corrected chi connectivity index (χ0v) is 14.4. The smallest absolute Gasteiger partial charge is 0.399 e. The van der Waals surface area contributed by atoms with E-state index in [2.05, 4.69) is 0 Å². The molecule has 0 unspecified atom stereocenters. The van der Waals surface area contributed by atoms with E-state index in [0.29, 0.717) is 0 Å². The minimum atomic E-state index is -1.21. The number of hydrogen-bond donors (Lipinski definition) is 0. The van der Waals surface area contributed by atoms with Crippen molar-refractivity contribution in [2.24, 2.45) is 0 Å². The van der Waals surface area contributed by atoms with Crippen LogP contribution in [-0.4, -0.2) is 18.3 Å². The van der Waals surface area contributed by atoms with Gasteiger partial charge in [0.1, 0.15) is 0 Å². The molecule has 1 aliphatic heterocycles. The van der Waals surface area contributed by atoms with Crippen LogP contribution in [0, 0.1) is 0 Å². The minimum Gasteiger partial charge on any atom is -0.399 e. The summed E-state index contributed by atoms with van der Waals surface area (Å²) in [7, 11) is -1.21. The Kier molecular flexibility index (Phi) is 1.85. The van der Waals surface area contributed by atoms with Crippen molar-refractivity contribution in [3.05, 3.63) is 66.5 Å². The average molecular weight is 341 g/mol. The van der Waals surface area contributed by atoms with Gasteiger partial charge in [-0.05, 0) is 61.1 Å². The number of fused-ring (bicyclic) bond motifs is 1. The van der Waals surface area contributed by atoms with Gasteiger partial charge in [-0.1, -0.05) is 60.4 Å². The van der Waals surface area contributed by atoms with E-state index in [9.17, 15) is 0 Å². The molecule has 0 saturated carbocycles. The molecule has 3 aromatic rings. The van der Waals surface area contributed by atoms with E-state index < -0.39 is 95.9 Å². The van der Waals surface area contributed by atoms with E-state index in [-0.39, 0.29) is 16.2 Å². The van der Waals surface area contributed by atoms with Crippen LogP contribution in [0.1, 0.15) is 42.8 Å². The van der Waals surface area contributed by atoms with Gasteiger partial charge in [-0.25, -0.2) is 0 Å². The van der Waals surface area contributed by atoms with Crippen LogP contribution >= 0.6 is 0 Å². The van der Waals surface area contributed by atoms with E-state index in [4.69, 9.17) is 24.4 Å². The molecule has 3 aromatic carbocycles. The van der Waals surface area contributed by atoms with E-state index in [1.54, 1.807) is 27.7 Å². The molecule has 4 rings (SSSR count). The first kappa shape index (κ1) is 8.07. The van der Waals surface area contributed by atoms with Crippen molar-refractivity contribution >= 4 is 23.4 Å². The quantitative estimate of drug-likeness (QED) is 0.623. The Morgan fingerprint density at radius 3 is 2.04 bits per heavy atom. The van der Waals surface area contributed by atoms with Crippen molar-refractivity contribution in [2.75, 3.05) is 0 Å². The Morgan fingerprint density at radius 2 is 1.36 bits per heavy atom. The largest absolute Gasteiger partial charge is 0.494 e. The Morgan fingerprint density at radius 1 is 0.720 bits per heavy atom. The first-order valence-corrected chi connectivity index (χ1v) is 7.92. The van der Waals surface area contributed by atoms with Gasteiger partial charge in [-0.2, -0.15) is 0 Å². The molecule has 0 radical (unpaired) electrons. The molecule has 1 heterocycles. The number of rotatable bonds is 2. The van der Waals surface area contributed by atoms with Gasteiger partial charge in [-0.3, -0.25) is 0 Å². The first-order valence-electron chi connectivity index (χ1n) is 13.4. The van der Waals surface area contributed by atoms with Gasteiger partial charge in [0.2, 0.25) is 0 Å². The van der Waals surface area contributed by atoms with Crippen molar-refractivity contribution in [3.8, 4) is 11.1 Å². The summed E-state index contributed by atoms with van der Waals surface area (Å²) in [5.41, 5.74) is -2.62. The van der Waals surface area contributed by atoms with Gasteiger partial charge in [0, 0.05) is 0 Å². The van der Waals surface area contributed by atoms with Crippen LogP contribution < -0.4 is 5.46 Å². The minimum absolute atomic E-state index is 0.121. The summed E-state index contributed by atoms with van der Waals surface area (Å²) in [5.74, 6) is 0. The highest BCUT2D eigenvalue weighted by Crippen LogP contribution is 2.36. The van der Waals surface area contributed by atoms with Gasteiger partial charge in [0.25, 0.3) is 0 Å². The second-order valence-electron chi connectivity index (χ2n) is 6.88. The predicted octanol–water partition coefficient (Wildman–Crippen LogP) is 4.81. The highest BCUT2D eigenvalue weighted by Gasteiger charge is 2.51. The van der Waals surface area contributed by atoms with Crippen LogP contribution in [0.2, 0.25) is 0 Å². The predicted molar refractivity (Wildman–Crippen MR) is 105 cm³/mol. The van der Waals surface area contributed by atoms with Crippen LogP contribution in [0.15, 0.2) is 66.5 Å². The molecule has 1 saturated heterocycles. The topological polar surface area (TPSA) is 18.5 Å². The third-order valence-corrected chi connectivity index (χ3v) is 4.63. The molecular weight excluding hydrogens is 307 g/mol. The van der Waals surface area contributed by atoms with Crippen LogP contribution in [0.4, 0.5) is 0 Å². The summed E-state index contributed by atoms with van der Waals surface area (Å²) >= 11 is 0. The second-order valence-corrected chi connectivity index (χ2v) is 6.88. The van der Waals surface area contributed by atoms with Crippen molar-refractivity contribution in [1.82, 2.24) is 0 Å². The summed E-state index contributed by atoms with van der Waals surface area (Å²) in [6.45, 7) is 7.13. The maximum absolute atomic E-state index is 8.87. The fourth-order valence-electron chi connectivity index (χ4n) is 2.47. The van der Waals surface area contributed by atoms with Crippen molar-refractivity contribution in [1.29, 1.82) is 0 Å². The Hall–Kier alpha value is -2.10. The van der Waals surface area contributed by atoms with Crippen LogP contribution in [0.3, 0.4) is 0 Å². The fraction of sp³-hybridized carbons (Fsp3) is 0.273. The lowest BCUT2D eigenvalue weighted by Gasteiger charge is -2.32. The van der Waals surface area contributed by atoms with Gasteiger partial charge >= 0.3 is 7.12 Å². The molecule has 0 bridgehead atoms. The number of benzene rings is 3. The molecule has 126 valence electrons. The van der Waals surface area contributed by atoms with Gasteiger partial charge in [0.05, 0.1) is 26.3 Å². The van der Waals surface area contributed by atoms with E-state index in [0.717, 1.165) is 0 Å². The molecule has 1 aliphatic rings. The van der Waals surface area contributed by atoms with Gasteiger partial charge in [0.15, 0.2) is 0 Å². The highest BCUT2D eigenvalue weighted by atomic mass is 16.7. The molecule has 0 aliphatic carbocycles. The molecule has 0 amide bonds. The summed E-state index contributed by atoms with van der Waals surface area (Å²) in [5, 5.41) is -0.542. The normalized spacial score (nSPS) is 24.8. The molecule has 0 aromatic heterocycles. The van der Waals surface area contributed by atoms with Crippen molar-refractivity contribution in [3.63, 3.8) is 0 Å². The summed E-state index contributed by atoms with van der Waals surface area (Å²) in [4.78, 5) is 0. The van der Waals surface area contributed by atoms with Crippen molar-refractivity contribution < 1.29 is 24.4 Å².